The Hall–Kier alpha value is -2.89. The third-order valence-electron chi connectivity index (χ3n) is 5.13. The van der Waals surface area contributed by atoms with Crippen molar-refractivity contribution < 1.29 is 24.3 Å². The number of nitrogens with one attached hydrogen (secondary N) is 2. The zero-order valence-electron chi connectivity index (χ0n) is 19.0. The van der Waals surface area contributed by atoms with Gasteiger partial charge in [0, 0.05) is 13.1 Å². The molecule has 0 radical (unpaired) electrons. The lowest BCUT2D eigenvalue weighted by atomic mass is 10.0. The molecule has 1 rings (SSSR count). The van der Waals surface area contributed by atoms with Crippen molar-refractivity contribution in [2.24, 2.45) is 28.1 Å². The van der Waals surface area contributed by atoms with E-state index in [4.69, 9.17) is 17.2 Å². The molecule has 0 aromatic carbocycles. The molecule has 0 aromatic heterocycles. The van der Waals surface area contributed by atoms with E-state index in [0.717, 1.165) is 0 Å². The van der Waals surface area contributed by atoms with Gasteiger partial charge in [-0.15, -0.1) is 0 Å². The number of carboxylic acid groups (broad SMARTS) is 1. The SMILES string of the molecule is CC(C)CC(NC(=O)C(CCCN=C(N)N)NC(=O)C1CCCN1C(=O)C(C)N)C(=O)O. The number of hydrogen-bond acceptors (Lipinski definition) is 6. The molecule has 32 heavy (non-hydrogen) atoms. The molecule has 12 nitrogen and oxygen atoms in total. The summed E-state index contributed by atoms with van der Waals surface area (Å²) in [6.45, 7) is 5.90. The molecule has 1 saturated heterocycles. The van der Waals surface area contributed by atoms with E-state index in [1.165, 1.54) is 4.90 Å². The summed E-state index contributed by atoms with van der Waals surface area (Å²) in [5, 5.41) is 14.6. The number of hydrogen-bond donors (Lipinski definition) is 6. The maximum atomic E-state index is 12.9. The molecule has 3 amide bonds. The van der Waals surface area contributed by atoms with Gasteiger partial charge in [0.05, 0.1) is 6.04 Å². The summed E-state index contributed by atoms with van der Waals surface area (Å²) in [4.78, 5) is 54.9. The van der Waals surface area contributed by atoms with E-state index >= 15 is 0 Å². The lowest BCUT2D eigenvalue weighted by Crippen LogP contribution is -2.56. The van der Waals surface area contributed by atoms with Crippen LogP contribution in [0.2, 0.25) is 0 Å². The van der Waals surface area contributed by atoms with E-state index < -0.39 is 42.0 Å². The van der Waals surface area contributed by atoms with E-state index in [9.17, 15) is 24.3 Å². The maximum Gasteiger partial charge on any atom is 0.326 e. The van der Waals surface area contributed by atoms with Crippen LogP contribution in [0.5, 0.6) is 0 Å². The Kier molecular flexibility index (Phi) is 10.9. The van der Waals surface area contributed by atoms with Gasteiger partial charge in [-0.2, -0.15) is 0 Å². The van der Waals surface area contributed by atoms with Gasteiger partial charge in [-0.1, -0.05) is 13.8 Å². The highest BCUT2D eigenvalue weighted by molar-refractivity contribution is 5.94. The molecule has 0 aliphatic carbocycles. The Morgan fingerprint density at radius 2 is 1.78 bits per heavy atom. The first kappa shape index (κ1) is 27.1. The molecule has 1 aliphatic heterocycles. The minimum absolute atomic E-state index is 0.0441. The van der Waals surface area contributed by atoms with Crippen LogP contribution in [0.3, 0.4) is 0 Å². The second-order valence-corrected chi connectivity index (χ2v) is 8.52. The maximum absolute atomic E-state index is 12.9. The standard InChI is InChI=1S/C20H37N7O5/c1-11(2)10-14(19(31)32)26-16(28)13(6-4-8-24-20(22)23)25-17(29)15-7-5-9-27(15)18(30)12(3)21/h11-15H,4-10,21H2,1-3H3,(H,25,29)(H,26,28)(H,31,32)(H4,22,23,24). The Morgan fingerprint density at radius 3 is 2.31 bits per heavy atom. The van der Waals surface area contributed by atoms with E-state index in [2.05, 4.69) is 15.6 Å². The van der Waals surface area contributed by atoms with Crippen molar-refractivity contribution >= 4 is 29.7 Å². The summed E-state index contributed by atoms with van der Waals surface area (Å²) in [7, 11) is 0. The Labute approximate surface area is 188 Å². The van der Waals surface area contributed by atoms with Crippen LogP contribution in [0.1, 0.15) is 52.9 Å². The van der Waals surface area contributed by atoms with Gasteiger partial charge in [-0.3, -0.25) is 19.4 Å². The van der Waals surface area contributed by atoms with E-state index in [1.54, 1.807) is 6.92 Å². The second kappa shape index (κ2) is 12.8. The molecule has 182 valence electrons. The fourth-order valence-electron chi connectivity index (χ4n) is 3.57. The normalized spacial score (nSPS) is 18.5. The van der Waals surface area contributed by atoms with Crippen molar-refractivity contribution in [1.29, 1.82) is 0 Å². The lowest BCUT2D eigenvalue weighted by molar-refractivity contribution is -0.143. The molecule has 1 heterocycles. The van der Waals surface area contributed by atoms with Crippen LogP contribution >= 0.6 is 0 Å². The zero-order valence-corrected chi connectivity index (χ0v) is 19.0. The molecule has 0 saturated carbocycles. The highest BCUT2D eigenvalue weighted by atomic mass is 16.4. The fourth-order valence-corrected chi connectivity index (χ4v) is 3.57. The molecule has 12 heteroatoms. The summed E-state index contributed by atoms with van der Waals surface area (Å²) in [6.07, 6.45) is 1.92. The number of aliphatic carboxylic acids is 1. The first-order valence-corrected chi connectivity index (χ1v) is 10.9. The molecule has 0 aromatic rings. The van der Waals surface area contributed by atoms with Crippen LogP contribution in [0.4, 0.5) is 0 Å². The number of rotatable bonds is 12. The highest BCUT2D eigenvalue weighted by Gasteiger charge is 2.37. The van der Waals surface area contributed by atoms with Gasteiger partial charge in [0.1, 0.15) is 18.1 Å². The van der Waals surface area contributed by atoms with Crippen molar-refractivity contribution in [3.8, 4) is 0 Å². The van der Waals surface area contributed by atoms with Gasteiger partial charge in [-0.05, 0) is 44.9 Å². The number of aliphatic imine (C=N–C) groups is 1. The topological polar surface area (TPSA) is 206 Å². The number of nitrogens with zero attached hydrogens (tertiary/aromatic N) is 2. The Morgan fingerprint density at radius 1 is 1.12 bits per heavy atom. The molecule has 4 atom stereocenters. The van der Waals surface area contributed by atoms with Gasteiger partial charge < -0.3 is 37.8 Å². The molecule has 9 N–H and O–H groups in total. The van der Waals surface area contributed by atoms with Crippen molar-refractivity contribution in [3.05, 3.63) is 0 Å². The summed E-state index contributed by atoms with van der Waals surface area (Å²) in [6, 6.07) is -3.55. The largest absolute Gasteiger partial charge is 0.480 e. The van der Waals surface area contributed by atoms with Gasteiger partial charge in [0.15, 0.2) is 5.96 Å². The predicted octanol–water partition coefficient (Wildman–Crippen LogP) is -1.52. The number of amides is 3. The average molecular weight is 456 g/mol. The van der Waals surface area contributed by atoms with Gasteiger partial charge in [-0.25, -0.2) is 4.79 Å². The van der Waals surface area contributed by atoms with Crippen molar-refractivity contribution in [2.75, 3.05) is 13.1 Å². The molecule has 4 unspecified atom stereocenters. The molecule has 1 aliphatic rings. The smallest absolute Gasteiger partial charge is 0.326 e. The Balaban J connectivity index is 2.93. The monoisotopic (exact) mass is 455 g/mol. The van der Waals surface area contributed by atoms with Crippen molar-refractivity contribution in [3.63, 3.8) is 0 Å². The van der Waals surface area contributed by atoms with Gasteiger partial charge in [0.2, 0.25) is 17.7 Å². The number of likely N-dealkylation sites (tertiary alicyclic amines) is 1. The van der Waals surface area contributed by atoms with E-state index in [0.29, 0.717) is 25.8 Å². The van der Waals surface area contributed by atoms with Crippen molar-refractivity contribution in [2.45, 2.75) is 77.0 Å². The number of guanidine groups is 1. The third kappa shape index (κ3) is 8.69. The molecule has 0 bridgehead atoms. The third-order valence-corrected chi connectivity index (χ3v) is 5.13. The summed E-state index contributed by atoms with van der Waals surface area (Å²) < 4.78 is 0. The van der Waals surface area contributed by atoms with Gasteiger partial charge in [0.25, 0.3) is 0 Å². The van der Waals surface area contributed by atoms with Crippen LogP contribution in [-0.2, 0) is 19.2 Å². The lowest BCUT2D eigenvalue weighted by Gasteiger charge is -2.28. The van der Waals surface area contributed by atoms with Crippen LogP contribution < -0.4 is 27.8 Å². The van der Waals surface area contributed by atoms with Crippen LogP contribution in [-0.4, -0.2) is 76.9 Å². The summed E-state index contributed by atoms with van der Waals surface area (Å²) in [5.74, 6) is -2.62. The number of nitrogens with two attached hydrogens (primary N) is 3. The average Bonchev–Trinajstić information content (AvgIpc) is 3.18. The predicted molar refractivity (Wildman–Crippen MR) is 119 cm³/mol. The van der Waals surface area contributed by atoms with Crippen LogP contribution in [0.25, 0.3) is 0 Å². The number of carboxylic acids is 1. The Bertz CT molecular complexity index is 706. The zero-order chi connectivity index (χ0) is 24.4. The molecular weight excluding hydrogens is 418 g/mol. The molecule has 0 spiro atoms. The second-order valence-electron chi connectivity index (χ2n) is 8.52. The van der Waals surface area contributed by atoms with E-state index in [-0.39, 0.29) is 37.2 Å². The molecular formula is C20H37N7O5. The first-order valence-electron chi connectivity index (χ1n) is 10.9. The van der Waals surface area contributed by atoms with Gasteiger partial charge >= 0.3 is 5.97 Å². The highest BCUT2D eigenvalue weighted by Crippen LogP contribution is 2.19. The minimum Gasteiger partial charge on any atom is -0.480 e. The summed E-state index contributed by atoms with van der Waals surface area (Å²) >= 11 is 0. The fraction of sp³-hybridized carbons (Fsp3) is 0.750. The number of carbonyl (C=O) groups is 4. The number of carbonyl (C=O) groups excluding carboxylic acids is 3. The van der Waals surface area contributed by atoms with Crippen LogP contribution in [0.15, 0.2) is 4.99 Å². The first-order chi connectivity index (χ1) is 14.9. The van der Waals surface area contributed by atoms with Crippen LogP contribution in [0, 0.1) is 5.92 Å². The summed E-state index contributed by atoms with van der Waals surface area (Å²) in [5.41, 5.74) is 16.3. The van der Waals surface area contributed by atoms with Crippen molar-refractivity contribution in [1.82, 2.24) is 15.5 Å². The quantitative estimate of drug-likeness (QED) is 0.115. The van der Waals surface area contributed by atoms with E-state index in [1.807, 2.05) is 13.8 Å². The molecule has 1 fully saturated rings. The minimum atomic E-state index is -1.15.